The van der Waals surface area contributed by atoms with Crippen LogP contribution in [0.25, 0.3) is 42.4 Å². The number of fused-ring (bicyclic) bond motifs is 2. The maximum atomic E-state index is 12.6. The lowest BCUT2D eigenvalue weighted by atomic mass is 9.92. The highest BCUT2D eigenvalue weighted by molar-refractivity contribution is 7.21. The van der Waals surface area contributed by atoms with Gasteiger partial charge in [-0.25, -0.2) is 0 Å². The molecule has 0 amide bonds. The van der Waals surface area contributed by atoms with Crippen molar-refractivity contribution in [2.45, 2.75) is 25.7 Å². The monoisotopic (exact) mass is 602 g/mol. The van der Waals surface area contributed by atoms with Gasteiger partial charge in [0.1, 0.15) is 11.5 Å². The number of carbonyl (C=O) groups is 4. The van der Waals surface area contributed by atoms with E-state index in [1.165, 1.54) is 22.7 Å². The number of ether oxygens (including phenoxy) is 2. The molecule has 0 aliphatic heterocycles. The standard InChI is InChI=1S/C32H26O8S2/c1-39-25-11-17-13-29(23(33)7-9-31(35)36)41-27(17)15-21(25)19-5-3-4-6-20(19)22-16-28-18(12-26(22)40-2)14-30(42-28)24(34)8-10-32(37)38/h3-6,11-16H,7-10H2,1-2H3,(H,35,36)(H,37,38). The summed E-state index contributed by atoms with van der Waals surface area (Å²) in [5.41, 5.74) is 3.36. The van der Waals surface area contributed by atoms with Crippen molar-refractivity contribution in [1.82, 2.24) is 0 Å². The number of carboxylic acid groups (broad SMARTS) is 2. The predicted octanol–water partition coefficient (Wildman–Crippen LogP) is 7.56. The summed E-state index contributed by atoms with van der Waals surface area (Å²) in [6.45, 7) is 0. The number of aliphatic carboxylic acids is 2. The average Bonchev–Trinajstić information content (AvgIpc) is 3.60. The number of carbonyl (C=O) groups excluding carboxylic acids is 2. The minimum absolute atomic E-state index is 0.0627. The van der Waals surface area contributed by atoms with Gasteiger partial charge in [0, 0.05) is 33.4 Å². The second-order valence-corrected chi connectivity index (χ2v) is 11.7. The summed E-state index contributed by atoms with van der Waals surface area (Å²) in [5.74, 6) is -1.23. The summed E-state index contributed by atoms with van der Waals surface area (Å²) < 4.78 is 13.3. The number of ketones is 2. The van der Waals surface area contributed by atoms with Gasteiger partial charge in [-0.2, -0.15) is 0 Å². The molecule has 0 aliphatic rings. The fourth-order valence-electron chi connectivity index (χ4n) is 4.81. The first kappa shape index (κ1) is 29.0. The molecular formula is C32H26O8S2. The van der Waals surface area contributed by atoms with Gasteiger partial charge in [-0.1, -0.05) is 24.3 Å². The molecule has 2 N–H and O–H groups in total. The Labute approximate surface area is 248 Å². The molecule has 0 spiro atoms. The Kier molecular flexibility index (Phi) is 8.37. The predicted molar refractivity (Wildman–Crippen MR) is 164 cm³/mol. The second kappa shape index (κ2) is 12.1. The molecular weight excluding hydrogens is 576 g/mol. The van der Waals surface area contributed by atoms with E-state index in [2.05, 4.69) is 0 Å². The Morgan fingerprint density at radius 1 is 0.595 bits per heavy atom. The minimum atomic E-state index is -1.01. The molecule has 0 unspecified atom stereocenters. The molecule has 0 saturated heterocycles. The zero-order valence-corrected chi connectivity index (χ0v) is 24.4. The summed E-state index contributed by atoms with van der Waals surface area (Å²) in [6, 6.07) is 19.0. The van der Waals surface area contributed by atoms with E-state index in [1.807, 2.05) is 48.5 Å². The molecule has 2 aromatic heterocycles. The molecule has 0 saturated carbocycles. The second-order valence-electron chi connectivity index (χ2n) is 9.58. The fourth-order valence-corrected chi connectivity index (χ4v) is 6.91. The Morgan fingerprint density at radius 3 is 1.36 bits per heavy atom. The largest absolute Gasteiger partial charge is 0.496 e. The van der Waals surface area contributed by atoms with Crippen LogP contribution in [0.5, 0.6) is 11.5 Å². The van der Waals surface area contributed by atoms with E-state index in [0.29, 0.717) is 21.3 Å². The molecule has 3 aromatic carbocycles. The molecule has 0 fully saturated rings. The Hall–Kier alpha value is -4.54. The number of hydrogen-bond acceptors (Lipinski definition) is 8. The molecule has 214 valence electrons. The smallest absolute Gasteiger partial charge is 0.303 e. The first-order chi connectivity index (χ1) is 20.2. The van der Waals surface area contributed by atoms with Crippen molar-refractivity contribution in [3.05, 3.63) is 70.4 Å². The van der Waals surface area contributed by atoms with Gasteiger partial charge in [-0.05, 0) is 58.3 Å². The molecule has 0 aliphatic carbocycles. The first-order valence-electron chi connectivity index (χ1n) is 13.0. The lowest BCUT2D eigenvalue weighted by molar-refractivity contribution is -0.137. The maximum Gasteiger partial charge on any atom is 0.303 e. The maximum absolute atomic E-state index is 12.6. The number of carboxylic acids is 2. The van der Waals surface area contributed by atoms with Gasteiger partial charge in [0.2, 0.25) is 0 Å². The summed E-state index contributed by atoms with van der Waals surface area (Å²) in [6.07, 6.45) is -0.563. The average molecular weight is 603 g/mol. The molecule has 5 aromatic rings. The summed E-state index contributed by atoms with van der Waals surface area (Å²) in [5, 5.41) is 19.6. The third-order valence-corrected chi connectivity index (χ3v) is 9.14. The van der Waals surface area contributed by atoms with Crippen molar-refractivity contribution in [1.29, 1.82) is 0 Å². The van der Waals surface area contributed by atoms with Crippen LogP contribution in [0.4, 0.5) is 0 Å². The van der Waals surface area contributed by atoms with Crippen molar-refractivity contribution in [3.8, 4) is 33.8 Å². The van der Waals surface area contributed by atoms with Crippen LogP contribution in [0.15, 0.2) is 60.7 Å². The van der Waals surface area contributed by atoms with Crippen LogP contribution in [0.1, 0.15) is 45.0 Å². The molecule has 42 heavy (non-hydrogen) atoms. The highest BCUT2D eigenvalue weighted by atomic mass is 32.1. The van der Waals surface area contributed by atoms with Gasteiger partial charge in [0.05, 0.1) is 36.8 Å². The highest BCUT2D eigenvalue weighted by Crippen LogP contribution is 2.45. The van der Waals surface area contributed by atoms with Crippen LogP contribution < -0.4 is 9.47 Å². The lowest BCUT2D eigenvalue weighted by Crippen LogP contribution is -2.01. The van der Waals surface area contributed by atoms with Gasteiger partial charge >= 0.3 is 11.9 Å². The van der Waals surface area contributed by atoms with Crippen LogP contribution in [0.3, 0.4) is 0 Å². The molecule has 0 bridgehead atoms. The van der Waals surface area contributed by atoms with Crippen molar-refractivity contribution in [2.75, 3.05) is 14.2 Å². The molecule has 0 atom stereocenters. The van der Waals surface area contributed by atoms with Gasteiger partial charge in [-0.15, -0.1) is 22.7 Å². The third-order valence-electron chi connectivity index (χ3n) is 6.87. The van der Waals surface area contributed by atoms with Crippen molar-refractivity contribution < 1.29 is 38.9 Å². The van der Waals surface area contributed by atoms with E-state index in [4.69, 9.17) is 19.7 Å². The molecule has 5 rings (SSSR count). The number of rotatable bonds is 12. The van der Waals surface area contributed by atoms with Crippen molar-refractivity contribution in [3.63, 3.8) is 0 Å². The highest BCUT2D eigenvalue weighted by Gasteiger charge is 2.20. The van der Waals surface area contributed by atoms with Crippen LogP contribution >= 0.6 is 22.7 Å². The van der Waals surface area contributed by atoms with Crippen molar-refractivity contribution in [2.24, 2.45) is 0 Å². The van der Waals surface area contributed by atoms with Crippen LogP contribution in [-0.2, 0) is 9.59 Å². The van der Waals surface area contributed by atoms with Crippen molar-refractivity contribution >= 4 is 66.4 Å². The molecule has 8 nitrogen and oxygen atoms in total. The minimum Gasteiger partial charge on any atom is -0.496 e. The van der Waals surface area contributed by atoms with E-state index in [-0.39, 0.29) is 37.2 Å². The van der Waals surface area contributed by atoms with E-state index in [9.17, 15) is 19.2 Å². The summed E-state index contributed by atoms with van der Waals surface area (Å²) >= 11 is 2.64. The van der Waals surface area contributed by atoms with E-state index < -0.39 is 11.9 Å². The quantitative estimate of drug-likeness (QED) is 0.140. The topological polar surface area (TPSA) is 127 Å². The summed E-state index contributed by atoms with van der Waals surface area (Å²) in [7, 11) is 3.17. The fraction of sp³-hybridized carbons (Fsp3) is 0.188. The number of benzene rings is 3. The van der Waals surface area contributed by atoms with Crippen LogP contribution in [0, 0.1) is 0 Å². The molecule has 10 heteroatoms. The summed E-state index contributed by atoms with van der Waals surface area (Å²) in [4.78, 5) is 48.1. The Morgan fingerprint density at radius 2 is 1.00 bits per heavy atom. The molecule has 2 heterocycles. The van der Waals surface area contributed by atoms with E-state index >= 15 is 0 Å². The van der Waals surface area contributed by atoms with Gasteiger partial charge in [-0.3, -0.25) is 19.2 Å². The zero-order chi connectivity index (χ0) is 30.0. The number of methoxy groups -OCH3 is 2. The number of thiophene rings is 2. The first-order valence-corrected chi connectivity index (χ1v) is 14.6. The van der Waals surface area contributed by atoms with Gasteiger partial charge in [0.25, 0.3) is 0 Å². The Bertz CT molecular complexity index is 1730. The van der Waals surface area contributed by atoms with Gasteiger partial charge < -0.3 is 19.7 Å². The zero-order valence-electron chi connectivity index (χ0n) is 22.8. The lowest BCUT2D eigenvalue weighted by Gasteiger charge is -2.16. The number of Topliss-reactive ketones (excluding diaryl/α,β-unsaturated/α-hetero) is 2. The van der Waals surface area contributed by atoms with E-state index in [1.54, 1.807) is 26.4 Å². The van der Waals surface area contributed by atoms with Gasteiger partial charge in [0.15, 0.2) is 11.6 Å². The van der Waals surface area contributed by atoms with E-state index in [0.717, 1.165) is 42.4 Å². The Balaban J connectivity index is 1.59. The number of hydrogen-bond donors (Lipinski definition) is 2. The van der Waals surface area contributed by atoms with Crippen LogP contribution in [-0.4, -0.2) is 47.9 Å². The third kappa shape index (κ3) is 5.90. The molecule has 0 radical (unpaired) electrons. The van der Waals surface area contributed by atoms with Crippen LogP contribution in [0.2, 0.25) is 0 Å². The SMILES string of the molecule is COc1cc2cc(C(=O)CCC(=O)O)sc2cc1-c1ccccc1-c1cc2sc(C(=O)CCC(=O)O)cc2cc1OC. The normalized spacial score (nSPS) is 11.1.